The number of carbonyl (C=O) groups excluding carboxylic acids is 2. The van der Waals surface area contributed by atoms with E-state index in [1.165, 1.54) is 11.3 Å². The van der Waals surface area contributed by atoms with Gasteiger partial charge in [0.1, 0.15) is 0 Å². The monoisotopic (exact) mass is 251 g/mol. The van der Waals surface area contributed by atoms with E-state index in [9.17, 15) is 9.59 Å². The molecule has 0 bridgehead atoms. The summed E-state index contributed by atoms with van der Waals surface area (Å²) in [5.74, 6) is 4.35. The Hall–Kier alpha value is -1.64. The molecule has 5 heteroatoms. The molecule has 0 saturated carbocycles. The summed E-state index contributed by atoms with van der Waals surface area (Å²) in [4.78, 5) is 23.9. The van der Waals surface area contributed by atoms with Crippen molar-refractivity contribution in [3.05, 3.63) is 21.9 Å². The third-order valence-electron chi connectivity index (χ3n) is 1.77. The number of rotatable bonds is 4. The highest BCUT2D eigenvalue weighted by atomic mass is 32.1. The minimum Gasteiger partial charge on any atom is -0.460 e. The molecule has 0 radical (unpaired) electrons. The van der Waals surface area contributed by atoms with Gasteiger partial charge in [-0.2, -0.15) is 0 Å². The summed E-state index contributed by atoms with van der Waals surface area (Å²) in [6.07, 6.45) is 0. The first-order valence-corrected chi connectivity index (χ1v) is 5.95. The Labute approximate surface area is 104 Å². The summed E-state index contributed by atoms with van der Waals surface area (Å²) in [7, 11) is 1.80. The fourth-order valence-electron chi connectivity index (χ4n) is 1.04. The third kappa shape index (κ3) is 4.02. The number of esters is 1. The van der Waals surface area contributed by atoms with Gasteiger partial charge < -0.3 is 10.1 Å². The molecule has 0 aromatic carbocycles. The van der Waals surface area contributed by atoms with Crippen LogP contribution in [-0.2, 0) is 9.53 Å². The summed E-state index contributed by atoms with van der Waals surface area (Å²) in [5.41, 5.74) is 0. The van der Waals surface area contributed by atoms with Crippen molar-refractivity contribution < 1.29 is 14.3 Å². The van der Waals surface area contributed by atoms with Crippen molar-refractivity contribution in [2.24, 2.45) is 0 Å². The molecule has 1 aromatic rings. The quantitative estimate of drug-likeness (QED) is 0.376. The van der Waals surface area contributed by atoms with Crippen molar-refractivity contribution in [1.82, 2.24) is 5.32 Å². The predicted octanol–water partition coefficient (Wildman–Crippen LogP) is 1.06. The van der Waals surface area contributed by atoms with Gasteiger partial charge in [-0.25, -0.2) is 4.79 Å². The van der Waals surface area contributed by atoms with Crippen LogP contribution in [0.15, 0.2) is 12.1 Å². The molecule has 0 amide bonds. The second-order valence-corrected chi connectivity index (χ2v) is 4.13. The highest BCUT2D eigenvalue weighted by Gasteiger charge is 2.18. The molecule has 4 nitrogen and oxygen atoms in total. The maximum absolute atomic E-state index is 11.6. The molecule has 0 aliphatic carbocycles. The highest BCUT2D eigenvalue weighted by Crippen LogP contribution is 2.16. The maximum Gasteiger partial charge on any atom is 0.380 e. The van der Waals surface area contributed by atoms with Crippen LogP contribution in [0, 0.1) is 11.8 Å². The fourth-order valence-corrected chi connectivity index (χ4v) is 1.85. The maximum atomic E-state index is 11.6. The molecule has 17 heavy (non-hydrogen) atoms. The predicted molar refractivity (Wildman–Crippen MR) is 66.1 cm³/mol. The average molecular weight is 251 g/mol. The average Bonchev–Trinajstić information content (AvgIpc) is 2.77. The molecule has 0 aliphatic rings. The Morgan fingerprint density at radius 1 is 1.47 bits per heavy atom. The van der Waals surface area contributed by atoms with E-state index < -0.39 is 11.8 Å². The number of hydrogen-bond acceptors (Lipinski definition) is 5. The van der Waals surface area contributed by atoms with Gasteiger partial charge in [-0.05, 0) is 26.1 Å². The van der Waals surface area contributed by atoms with Gasteiger partial charge in [-0.1, -0.05) is 11.8 Å². The normalized spacial score (nSPS) is 9.29. The van der Waals surface area contributed by atoms with Gasteiger partial charge >= 0.3 is 5.97 Å². The van der Waals surface area contributed by atoms with E-state index in [4.69, 9.17) is 0 Å². The molecule has 0 atom stereocenters. The lowest BCUT2D eigenvalue weighted by Crippen LogP contribution is -2.16. The molecule has 1 heterocycles. The van der Waals surface area contributed by atoms with Crippen LogP contribution < -0.4 is 5.32 Å². The number of nitrogens with one attached hydrogen (secondary N) is 1. The van der Waals surface area contributed by atoms with Crippen LogP contribution in [0.1, 0.15) is 21.5 Å². The molecule has 1 N–H and O–H groups in total. The Kier molecular flexibility index (Phi) is 5.40. The smallest absolute Gasteiger partial charge is 0.380 e. The Bertz CT molecular complexity index is 468. The van der Waals surface area contributed by atoms with Crippen molar-refractivity contribution in [3.63, 3.8) is 0 Å². The van der Waals surface area contributed by atoms with Crippen molar-refractivity contribution in [1.29, 1.82) is 0 Å². The molecule has 1 aromatic heterocycles. The van der Waals surface area contributed by atoms with Crippen molar-refractivity contribution in [3.8, 4) is 11.8 Å². The van der Waals surface area contributed by atoms with Crippen molar-refractivity contribution in [2.75, 3.05) is 20.2 Å². The molecular formula is C12H13NO3S. The summed E-state index contributed by atoms with van der Waals surface area (Å²) in [6.45, 7) is 2.44. The van der Waals surface area contributed by atoms with Crippen molar-refractivity contribution in [2.45, 2.75) is 6.92 Å². The molecule has 0 aliphatic heterocycles. The molecule has 1 rings (SSSR count). The lowest BCUT2D eigenvalue weighted by atomic mass is 10.3. The summed E-state index contributed by atoms with van der Waals surface area (Å²) < 4.78 is 4.64. The van der Waals surface area contributed by atoms with Gasteiger partial charge in [0.05, 0.1) is 22.9 Å². The Morgan fingerprint density at radius 3 is 2.88 bits per heavy atom. The van der Waals surface area contributed by atoms with Crippen LogP contribution in [0.2, 0.25) is 0 Å². The van der Waals surface area contributed by atoms with Gasteiger partial charge in [0.15, 0.2) is 0 Å². The summed E-state index contributed by atoms with van der Waals surface area (Å²) in [6, 6.07) is 3.31. The molecule has 90 valence electrons. The van der Waals surface area contributed by atoms with Crippen LogP contribution in [0.25, 0.3) is 0 Å². The number of hydrogen-bond donors (Lipinski definition) is 1. The van der Waals surface area contributed by atoms with Crippen LogP contribution in [-0.4, -0.2) is 32.0 Å². The molecule has 0 fully saturated rings. The first-order chi connectivity index (χ1) is 8.19. The second-order valence-electron chi connectivity index (χ2n) is 3.05. The zero-order valence-electron chi connectivity index (χ0n) is 9.70. The van der Waals surface area contributed by atoms with Gasteiger partial charge in [-0.15, -0.1) is 11.3 Å². The van der Waals surface area contributed by atoms with Gasteiger partial charge in [0.25, 0.3) is 5.78 Å². The molecule has 0 saturated heterocycles. The van der Waals surface area contributed by atoms with Gasteiger partial charge in [0.2, 0.25) is 0 Å². The minimum atomic E-state index is -0.816. The minimum absolute atomic E-state index is 0.199. The van der Waals surface area contributed by atoms with Crippen LogP contribution in [0.3, 0.4) is 0 Å². The zero-order valence-corrected chi connectivity index (χ0v) is 10.5. The van der Waals surface area contributed by atoms with E-state index in [0.29, 0.717) is 11.4 Å². The number of thiophene rings is 1. The van der Waals surface area contributed by atoms with E-state index in [1.807, 2.05) is 0 Å². The van der Waals surface area contributed by atoms with Crippen molar-refractivity contribution >= 4 is 23.1 Å². The van der Waals surface area contributed by atoms with Crippen LogP contribution in [0.5, 0.6) is 0 Å². The molecule has 0 unspecified atom stereocenters. The van der Waals surface area contributed by atoms with Crippen LogP contribution >= 0.6 is 11.3 Å². The van der Waals surface area contributed by atoms with E-state index in [0.717, 1.165) is 4.88 Å². The van der Waals surface area contributed by atoms with Gasteiger partial charge in [0, 0.05) is 0 Å². The fraction of sp³-hybridized carbons (Fsp3) is 0.333. The number of carbonyl (C=O) groups is 2. The largest absolute Gasteiger partial charge is 0.460 e. The van der Waals surface area contributed by atoms with E-state index in [2.05, 4.69) is 21.9 Å². The van der Waals surface area contributed by atoms with E-state index >= 15 is 0 Å². The Balaban J connectivity index is 2.72. The standard InChI is InChI=1S/C12H13NO3S/c1-3-16-12(15)11(14)10-7-6-9(17-10)5-4-8-13-2/h6-7,13H,3,8H2,1-2H3. The van der Waals surface area contributed by atoms with Crippen LogP contribution in [0.4, 0.5) is 0 Å². The lowest BCUT2D eigenvalue weighted by molar-refractivity contribution is -0.137. The van der Waals surface area contributed by atoms with E-state index in [-0.39, 0.29) is 6.61 Å². The first-order valence-electron chi connectivity index (χ1n) is 5.13. The molecular weight excluding hydrogens is 238 g/mol. The van der Waals surface area contributed by atoms with E-state index in [1.54, 1.807) is 26.1 Å². The SMILES string of the molecule is CCOC(=O)C(=O)c1ccc(C#CCNC)s1. The zero-order chi connectivity index (χ0) is 12.7. The summed E-state index contributed by atoms with van der Waals surface area (Å²) >= 11 is 1.19. The Morgan fingerprint density at radius 2 is 2.24 bits per heavy atom. The first kappa shape index (κ1) is 13.4. The number of ketones is 1. The topological polar surface area (TPSA) is 55.4 Å². The lowest BCUT2D eigenvalue weighted by Gasteiger charge is -1.97. The second kappa shape index (κ2) is 6.84. The molecule has 0 spiro atoms. The summed E-state index contributed by atoms with van der Waals surface area (Å²) in [5, 5.41) is 2.89. The number of ether oxygens (including phenoxy) is 1. The third-order valence-corrected chi connectivity index (χ3v) is 2.77. The number of Topliss-reactive ketones (excluding diaryl/α,β-unsaturated/α-hetero) is 1. The van der Waals surface area contributed by atoms with Gasteiger partial charge in [-0.3, -0.25) is 4.79 Å². The highest BCUT2D eigenvalue weighted by molar-refractivity contribution is 7.15.